The Balaban J connectivity index is 0.746. The summed E-state index contributed by atoms with van der Waals surface area (Å²) in [5.41, 5.74) is 23.7. The molecule has 61 heavy (non-hydrogen) atoms. The maximum Gasteiger partial charge on any atom is 0.249 e. The molecule has 5 saturated heterocycles. The van der Waals surface area contributed by atoms with Crippen molar-refractivity contribution in [1.82, 2.24) is 24.9 Å². The predicted octanol–water partition coefficient (Wildman–Crippen LogP) is 2.75. The van der Waals surface area contributed by atoms with E-state index < -0.39 is 6.04 Å². The summed E-state index contributed by atoms with van der Waals surface area (Å²) in [5, 5.41) is 16.0. The summed E-state index contributed by atoms with van der Waals surface area (Å²) in [7, 11) is 0. The van der Waals surface area contributed by atoms with Crippen molar-refractivity contribution in [2.45, 2.75) is 62.6 Å². The molecule has 3 unspecified atom stereocenters. The summed E-state index contributed by atoms with van der Waals surface area (Å²) in [6.45, 7) is 8.21. The van der Waals surface area contributed by atoms with Crippen LogP contribution in [0.2, 0.25) is 0 Å². The van der Waals surface area contributed by atoms with Gasteiger partial charge in [-0.05, 0) is 99.1 Å². The lowest BCUT2D eigenvalue weighted by atomic mass is 9.89. The zero-order valence-electron chi connectivity index (χ0n) is 34.9. The summed E-state index contributed by atoms with van der Waals surface area (Å²) >= 11 is 0. The maximum absolute atomic E-state index is 13.3. The van der Waals surface area contributed by atoms with E-state index in [1.54, 1.807) is 24.3 Å². The number of piperidine rings is 2. The van der Waals surface area contributed by atoms with Crippen LogP contribution in [0.25, 0.3) is 5.70 Å². The Bertz CT molecular complexity index is 2090. The van der Waals surface area contributed by atoms with Crippen LogP contribution in [0, 0.1) is 0 Å². The quantitative estimate of drug-likeness (QED) is 0.109. The smallest absolute Gasteiger partial charge is 0.249 e. The van der Waals surface area contributed by atoms with E-state index in [0.717, 1.165) is 102 Å². The Hall–Kier alpha value is -5.93. The van der Waals surface area contributed by atoms with Crippen molar-refractivity contribution >= 4 is 34.8 Å². The number of phenolic OH excluding ortho intramolecular Hbond substituents is 1. The number of ether oxygens (including phenoxy) is 1. The third-order valence-electron chi connectivity index (χ3n) is 13.1. The van der Waals surface area contributed by atoms with E-state index in [9.17, 15) is 19.5 Å². The predicted molar refractivity (Wildman–Crippen MR) is 236 cm³/mol. The second-order valence-electron chi connectivity index (χ2n) is 17.0. The summed E-state index contributed by atoms with van der Waals surface area (Å²) in [4.78, 5) is 48.3. The standard InChI is InChI=1S/C46H60N10O5/c47-39(38-6-1-2-7-42(38)57)27-41(45(48)49)55-28-35-12-13-36(29-55)56(35)34-4-3-5-37(26-34)61-25-24-52-20-22-54(23-21-52)44(59)30-53-18-16-32(17-19-53)31-8-10-33(11-9-31)50-40-14-15-43(58)51-46(40)60/h1-11,26-27,32,35-36,40,50,57H,12-25,28-30,47-49H2,(H,51,58,60)/b39-27-. The van der Waals surface area contributed by atoms with Crippen molar-refractivity contribution in [1.29, 1.82) is 0 Å². The van der Waals surface area contributed by atoms with Crippen molar-refractivity contribution in [2.24, 2.45) is 17.2 Å². The van der Waals surface area contributed by atoms with Crippen molar-refractivity contribution in [3.8, 4) is 11.5 Å². The molecule has 0 aromatic heterocycles. The fourth-order valence-electron chi connectivity index (χ4n) is 9.67. The van der Waals surface area contributed by atoms with Crippen LogP contribution in [0.4, 0.5) is 11.4 Å². The number of benzene rings is 3. The van der Waals surface area contributed by atoms with Gasteiger partial charge in [0.25, 0.3) is 0 Å². The Morgan fingerprint density at radius 2 is 1.54 bits per heavy atom. The van der Waals surface area contributed by atoms with Gasteiger partial charge >= 0.3 is 0 Å². The molecule has 2 bridgehead atoms. The summed E-state index contributed by atoms with van der Waals surface area (Å²) in [6, 6.07) is 23.8. The van der Waals surface area contributed by atoms with Gasteiger partial charge in [0.1, 0.15) is 30.0 Å². The molecule has 5 fully saturated rings. The topological polar surface area (TPSA) is 199 Å². The molecule has 3 atom stereocenters. The number of rotatable bonds is 13. The zero-order chi connectivity index (χ0) is 42.5. The maximum atomic E-state index is 13.3. The van der Waals surface area contributed by atoms with Crippen LogP contribution < -0.4 is 37.5 Å². The zero-order valence-corrected chi connectivity index (χ0v) is 34.9. The number of hydrogen-bond donors (Lipinski definition) is 6. The molecule has 0 aliphatic carbocycles. The molecule has 3 amide bonds. The van der Waals surface area contributed by atoms with E-state index in [0.29, 0.717) is 48.9 Å². The number of phenols is 1. The normalized spacial score (nSPS) is 22.9. The molecule has 5 heterocycles. The number of allylic oxidation sites excluding steroid dienone is 1. The number of piperazine rings is 2. The Kier molecular flexibility index (Phi) is 12.9. The first-order valence-electron chi connectivity index (χ1n) is 21.8. The van der Waals surface area contributed by atoms with E-state index in [2.05, 4.69) is 60.6 Å². The molecule has 0 radical (unpaired) electrons. The van der Waals surface area contributed by atoms with E-state index in [1.165, 1.54) is 5.56 Å². The first kappa shape index (κ1) is 41.8. The largest absolute Gasteiger partial charge is 0.507 e. The Morgan fingerprint density at radius 1 is 0.820 bits per heavy atom. The Labute approximate surface area is 358 Å². The highest BCUT2D eigenvalue weighted by Crippen LogP contribution is 2.38. The van der Waals surface area contributed by atoms with Gasteiger partial charge in [0.15, 0.2) is 0 Å². The minimum Gasteiger partial charge on any atom is -0.507 e. The molecule has 3 aromatic carbocycles. The van der Waals surface area contributed by atoms with Gasteiger partial charge in [-0.15, -0.1) is 0 Å². The SMILES string of the molecule is NC(N)=C(/C=C(\N)c1ccccc1O)N1CC2CCC(C1)N2c1cccc(OCCN2CCN(C(=O)CN3CCC(c4ccc(NC5CCC(=O)NC5=O)cc4)CC3)CC2)c1. The second kappa shape index (κ2) is 18.8. The van der Waals surface area contributed by atoms with Gasteiger partial charge < -0.3 is 47.1 Å². The summed E-state index contributed by atoms with van der Waals surface area (Å²) in [5.74, 6) is 1.32. The van der Waals surface area contributed by atoms with Crippen LogP contribution >= 0.6 is 0 Å². The van der Waals surface area contributed by atoms with Crippen LogP contribution in [0.15, 0.2) is 90.4 Å². The number of nitrogens with one attached hydrogen (secondary N) is 2. The molecule has 8 rings (SSSR count). The minimum absolute atomic E-state index is 0.109. The molecule has 0 saturated carbocycles. The van der Waals surface area contributed by atoms with Gasteiger partial charge in [0.2, 0.25) is 17.7 Å². The summed E-state index contributed by atoms with van der Waals surface area (Å²) in [6.07, 6.45) is 6.74. The molecular weight excluding hydrogens is 773 g/mol. The second-order valence-corrected chi connectivity index (χ2v) is 17.0. The van der Waals surface area contributed by atoms with E-state index >= 15 is 0 Å². The fourth-order valence-corrected chi connectivity index (χ4v) is 9.67. The van der Waals surface area contributed by atoms with Gasteiger partial charge in [-0.1, -0.05) is 30.3 Å². The Morgan fingerprint density at radius 3 is 2.23 bits per heavy atom. The monoisotopic (exact) mass is 832 g/mol. The number of imide groups is 1. The van der Waals surface area contributed by atoms with Crippen molar-refractivity contribution in [2.75, 3.05) is 82.3 Å². The van der Waals surface area contributed by atoms with Gasteiger partial charge in [-0.3, -0.25) is 29.5 Å². The highest BCUT2D eigenvalue weighted by atomic mass is 16.5. The van der Waals surface area contributed by atoms with Crippen LogP contribution in [-0.4, -0.2) is 133 Å². The third kappa shape index (κ3) is 10.0. The van der Waals surface area contributed by atoms with Crippen LogP contribution in [0.5, 0.6) is 11.5 Å². The van der Waals surface area contributed by atoms with E-state index in [-0.39, 0.29) is 41.4 Å². The number of anilines is 2. The number of carbonyl (C=O) groups excluding carboxylic acids is 3. The average molecular weight is 833 g/mol. The third-order valence-corrected chi connectivity index (χ3v) is 13.1. The number of hydrogen-bond acceptors (Lipinski definition) is 13. The molecule has 15 heteroatoms. The van der Waals surface area contributed by atoms with Crippen molar-refractivity contribution in [3.05, 3.63) is 102 Å². The number of para-hydroxylation sites is 1. The molecule has 5 aliphatic heterocycles. The lowest BCUT2D eigenvalue weighted by Gasteiger charge is -2.44. The van der Waals surface area contributed by atoms with Crippen LogP contribution in [0.1, 0.15) is 55.6 Å². The van der Waals surface area contributed by atoms with Crippen LogP contribution in [0.3, 0.4) is 0 Å². The number of likely N-dealkylation sites (tertiary alicyclic amines) is 2. The number of nitrogens with two attached hydrogens (primary N) is 3. The number of amides is 3. The lowest BCUT2D eigenvalue weighted by Crippen LogP contribution is -2.53. The lowest BCUT2D eigenvalue weighted by molar-refractivity contribution is -0.135. The molecule has 15 nitrogen and oxygen atoms in total. The molecule has 5 aliphatic rings. The number of fused-ring (bicyclic) bond motifs is 2. The van der Waals surface area contributed by atoms with Crippen LogP contribution in [-0.2, 0) is 14.4 Å². The van der Waals surface area contributed by atoms with Gasteiger partial charge in [-0.2, -0.15) is 0 Å². The summed E-state index contributed by atoms with van der Waals surface area (Å²) < 4.78 is 6.30. The van der Waals surface area contributed by atoms with E-state index in [1.807, 2.05) is 29.2 Å². The fraction of sp³-hybridized carbons (Fsp3) is 0.457. The van der Waals surface area contributed by atoms with Gasteiger partial charge in [0, 0.05) is 93.0 Å². The molecule has 0 spiro atoms. The molecule has 9 N–H and O–H groups in total. The minimum atomic E-state index is -0.391. The molecule has 3 aromatic rings. The number of nitrogens with zero attached hydrogens (tertiary/aromatic N) is 5. The number of aromatic hydroxyl groups is 1. The van der Waals surface area contributed by atoms with Crippen molar-refractivity contribution in [3.63, 3.8) is 0 Å². The molecule has 324 valence electrons. The van der Waals surface area contributed by atoms with Crippen molar-refractivity contribution < 1.29 is 24.2 Å². The highest BCUT2D eigenvalue weighted by Gasteiger charge is 2.41. The highest BCUT2D eigenvalue weighted by molar-refractivity contribution is 6.01. The van der Waals surface area contributed by atoms with E-state index in [4.69, 9.17) is 21.9 Å². The first-order chi connectivity index (χ1) is 29.6. The number of carbonyl (C=O) groups is 3. The van der Waals surface area contributed by atoms with Gasteiger partial charge in [0.05, 0.1) is 12.2 Å². The van der Waals surface area contributed by atoms with Gasteiger partial charge in [-0.25, -0.2) is 0 Å². The molecular formula is C46H60N10O5. The average Bonchev–Trinajstić information content (AvgIpc) is 3.53. The first-order valence-corrected chi connectivity index (χ1v) is 21.8.